The Morgan fingerprint density at radius 2 is 2.20 bits per heavy atom. The molecule has 1 atom stereocenters. The Labute approximate surface area is 130 Å². The van der Waals surface area contributed by atoms with E-state index in [9.17, 15) is 0 Å². The third-order valence-electron chi connectivity index (χ3n) is 3.30. The normalized spacial score (nSPS) is 19.3. The largest absolute Gasteiger partial charge is 0.489 e. The van der Waals surface area contributed by atoms with Crippen molar-refractivity contribution in [2.75, 3.05) is 13.2 Å². The van der Waals surface area contributed by atoms with Crippen molar-refractivity contribution in [2.24, 2.45) is 0 Å². The first kappa shape index (κ1) is 15.8. The van der Waals surface area contributed by atoms with Crippen LogP contribution in [0.3, 0.4) is 0 Å². The molecule has 1 fully saturated rings. The third-order valence-corrected chi connectivity index (χ3v) is 3.92. The predicted molar refractivity (Wildman–Crippen MR) is 85.2 cm³/mol. The molecule has 2 rings (SSSR count). The van der Waals surface area contributed by atoms with Crippen LogP contribution in [-0.4, -0.2) is 24.9 Å². The Kier molecular flexibility index (Phi) is 5.47. The van der Waals surface area contributed by atoms with E-state index >= 15 is 0 Å². The summed E-state index contributed by atoms with van der Waals surface area (Å²) in [4.78, 5) is 0. The van der Waals surface area contributed by atoms with Gasteiger partial charge in [-0.25, -0.2) is 0 Å². The fraction of sp³-hybridized carbons (Fsp3) is 0.625. The molecule has 1 unspecified atom stereocenters. The minimum absolute atomic E-state index is 0.0914. The maximum Gasteiger partial charge on any atom is 0.138 e. The number of hydrogen-bond donors (Lipinski definition) is 1. The summed E-state index contributed by atoms with van der Waals surface area (Å²) in [5.41, 5.74) is 1.26. The van der Waals surface area contributed by atoms with Crippen LogP contribution in [0.2, 0.25) is 0 Å². The van der Waals surface area contributed by atoms with E-state index in [0.29, 0.717) is 6.61 Å². The van der Waals surface area contributed by atoms with Crippen LogP contribution in [-0.2, 0) is 11.3 Å². The van der Waals surface area contributed by atoms with Crippen molar-refractivity contribution in [1.29, 1.82) is 0 Å². The number of benzene rings is 1. The fourth-order valence-corrected chi connectivity index (χ4v) is 2.69. The molecule has 0 aliphatic carbocycles. The summed E-state index contributed by atoms with van der Waals surface area (Å²) >= 11 is 3.58. The Bertz CT molecular complexity index is 437. The van der Waals surface area contributed by atoms with Crippen LogP contribution in [0.1, 0.15) is 39.2 Å². The van der Waals surface area contributed by atoms with Crippen LogP contribution < -0.4 is 10.1 Å². The average molecular weight is 342 g/mol. The van der Waals surface area contributed by atoms with Gasteiger partial charge >= 0.3 is 0 Å². The van der Waals surface area contributed by atoms with Gasteiger partial charge in [-0.05, 0) is 55.6 Å². The monoisotopic (exact) mass is 341 g/mol. The molecule has 1 saturated heterocycles. The van der Waals surface area contributed by atoms with E-state index in [1.54, 1.807) is 0 Å². The SMILES string of the molecule is CC(C)(C)NCc1cccc(Br)c1OCC1CCCO1. The number of para-hydroxylation sites is 1. The maximum absolute atomic E-state index is 6.01. The number of halogens is 1. The van der Waals surface area contributed by atoms with Gasteiger partial charge in [0.25, 0.3) is 0 Å². The third kappa shape index (κ3) is 4.76. The Morgan fingerprint density at radius 1 is 1.40 bits per heavy atom. The van der Waals surface area contributed by atoms with Gasteiger partial charge in [0, 0.05) is 24.3 Å². The molecule has 1 aromatic rings. The van der Waals surface area contributed by atoms with E-state index in [4.69, 9.17) is 9.47 Å². The van der Waals surface area contributed by atoms with Crippen LogP contribution in [0.15, 0.2) is 22.7 Å². The van der Waals surface area contributed by atoms with Crippen LogP contribution in [0.4, 0.5) is 0 Å². The van der Waals surface area contributed by atoms with Gasteiger partial charge in [0.1, 0.15) is 12.4 Å². The zero-order valence-electron chi connectivity index (χ0n) is 12.5. The minimum atomic E-state index is 0.0914. The zero-order valence-corrected chi connectivity index (χ0v) is 14.1. The molecular weight excluding hydrogens is 318 g/mol. The van der Waals surface area contributed by atoms with E-state index < -0.39 is 0 Å². The first-order valence-corrected chi connectivity index (χ1v) is 8.02. The van der Waals surface area contributed by atoms with Crippen LogP contribution >= 0.6 is 15.9 Å². The lowest BCUT2D eigenvalue weighted by molar-refractivity contribution is 0.0673. The molecule has 1 aromatic carbocycles. The zero-order chi connectivity index (χ0) is 14.6. The lowest BCUT2D eigenvalue weighted by Crippen LogP contribution is -2.35. The van der Waals surface area contributed by atoms with Gasteiger partial charge in [-0.1, -0.05) is 12.1 Å². The van der Waals surface area contributed by atoms with E-state index in [1.807, 2.05) is 12.1 Å². The highest BCUT2D eigenvalue weighted by atomic mass is 79.9. The molecule has 0 bridgehead atoms. The molecule has 0 spiro atoms. The predicted octanol–water partition coefficient (Wildman–Crippen LogP) is 3.90. The van der Waals surface area contributed by atoms with Crippen LogP contribution in [0.5, 0.6) is 5.75 Å². The standard InChI is InChI=1S/C16H24BrNO2/c1-16(2,3)18-10-12-6-4-8-14(17)15(12)20-11-13-7-5-9-19-13/h4,6,8,13,18H,5,7,9-11H2,1-3H3. The van der Waals surface area contributed by atoms with Crippen LogP contribution in [0.25, 0.3) is 0 Å². The number of nitrogens with one attached hydrogen (secondary N) is 1. The molecule has 0 aromatic heterocycles. The van der Waals surface area contributed by atoms with Crippen molar-refractivity contribution < 1.29 is 9.47 Å². The second-order valence-corrected chi connectivity index (χ2v) is 7.13. The first-order chi connectivity index (χ1) is 9.46. The number of rotatable bonds is 5. The molecule has 0 saturated carbocycles. The topological polar surface area (TPSA) is 30.5 Å². The van der Waals surface area contributed by atoms with Gasteiger partial charge in [-0.3, -0.25) is 0 Å². The summed E-state index contributed by atoms with van der Waals surface area (Å²) in [5.74, 6) is 0.930. The molecule has 1 heterocycles. The van der Waals surface area contributed by atoms with Gasteiger partial charge in [0.15, 0.2) is 0 Å². The van der Waals surface area contributed by atoms with Crippen LogP contribution in [0, 0.1) is 0 Å². The summed E-state index contributed by atoms with van der Waals surface area (Å²) in [5, 5.41) is 3.50. The average Bonchev–Trinajstić information content (AvgIpc) is 2.87. The second kappa shape index (κ2) is 6.92. The highest BCUT2D eigenvalue weighted by molar-refractivity contribution is 9.10. The highest BCUT2D eigenvalue weighted by Crippen LogP contribution is 2.30. The minimum Gasteiger partial charge on any atom is -0.489 e. The smallest absolute Gasteiger partial charge is 0.138 e. The van der Waals surface area contributed by atoms with Gasteiger partial charge in [0.2, 0.25) is 0 Å². The summed E-state index contributed by atoms with van der Waals surface area (Å²) < 4.78 is 12.6. The molecule has 112 valence electrons. The van der Waals surface area contributed by atoms with Gasteiger partial charge in [-0.15, -0.1) is 0 Å². The Balaban J connectivity index is 2.01. The van der Waals surface area contributed by atoms with Crippen molar-refractivity contribution >= 4 is 15.9 Å². The van der Waals surface area contributed by atoms with Crippen molar-refractivity contribution in [1.82, 2.24) is 5.32 Å². The van der Waals surface area contributed by atoms with Crippen molar-refractivity contribution in [2.45, 2.75) is 51.8 Å². The van der Waals surface area contributed by atoms with E-state index in [0.717, 1.165) is 36.2 Å². The molecule has 1 aliphatic heterocycles. The molecule has 1 N–H and O–H groups in total. The quantitative estimate of drug-likeness (QED) is 0.881. The molecule has 20 heavy (non-hydrogen) atoms. The van der Waals surface area contributed by atoms with E-state index in [1.165, 1.54) is 5.56 Å². The highest BCUT2D eigenvalue weighted by Gasteiger charge is 2.18. The molecular formula is C16H24BrNO2. The lowest BCUT2D eigenvalue weighted by atomic mass is 10.1. The lowest BCUT2D eigenvalue weighted by Gasteiger charge is -2.22. The maximum atomic E-state index is 6.01. The molecule has 4 heteroatoms. The second-order valence-electron chi connectivity index (χ2n) is 6.28. The Morgan fingerprint density at radius 3 is 2.85 bits per heavy atom. The number of hydrogen-bond acceptors (Lipinski definition) is 3. The van der Waals surface area contributed by atoms with Gasteiger partial charge < -0.3 is 14.8 Å². The van der Waals surface area contributed by atoms with E-state index in [2.05, 4.69) is 48.1 Å². The molecule has 3 nitrogen and oxygen atoms in total. The van der Waals surface area contributed by atoms with Crippen molar-refractivity contribution in [3.8, 4) is 5.75 Å². The molecule has 1 aliphatic rings. The molecule has 0 amide bonds. The van der Waals surface area contributed by atoms with Crippen molar-refractivity contribution in [3.63, 3.8) is 0 Å². The first-order valence-electron chi connectivity index (χ1n) is 7.22. The van der Waals surface area contributed by atoms with Crippen molar-refractivity contribution in [3.05, 3.63) is 28.2 Å². The number of ether oxygens (including phenoxy) is 2. The summed E-state index contributed by atoms with van der Waals surface area (Å²) in [6.07, 6.45) is 2.48. The Hall–Kier alpha value is -0.580. The summed E-state index contributed by atoms with van der Waals surface area (Å²) in [7, 11) is 0. The van der Waals surface area contributed by atoms with Gasteiger partial charge in [0.05, 0.1) is 10.6 Å². The van der Waals surface area contributed by atoms with E-state index in [-0.39, 0.29) is 11.6 Å². The van der Waals surface area contributed by atoms with Gasteiger partial charge in [-0.2, -0.15) is 0 Å². The molecule has 0 radical (unpaired) electrons. The summed E-state index contributed by atoms with van der Waals surface area (Å²) in [6.45, 7) is 8.78. The fourth-order valence-electron chi connectivity index (χ4n) is 2.17. The summed E-state index contributed by atoms with van der Waals surface area (Å²) in [6, 6.07) is 6.17.